The van der Waals surface area contributed by atoms with Gasteiger partial charge in [-0.2, -0.15) is 5.10 Å². The van der Waals surface area contributed by atoms with E-state index in [4.69, 9.17) is 14.2 Å². The molecule has 1 aliphatic rings. The number of hydrogen-bond acceptors (Lipinski definition) is 10. The highest BCUT2D eigenvalue weighted by Crippen LogP contribution is 2.33. The molecule has 194 valence electrons. The van der Waals surface area contributed by atoms with Crippen LogP contribution in [0.1, 0.15) is 39.6 Å². The number of carbonyl (C=O) groups is 4. The first-order chi connectivity index (χ1) is 17.8. The molecular formula is C24H24N4O8S. The smallest absolute Gasteiger partial charge is 0.340 e. The molecule has 0 bridgehead atoms. The number of esters is 1. The van der Waals surface area contributed by atoms with Crippen molar-refractivity contribution in [1.82, 2.24) is 5.32 Å². The average Bonchev–Trinajstić information content (AvgIpc) is 3.22. The van der Waals surface area contributed by atoms with E-state index in [1.54, 1.807) is 19.1 Å². The van der Waals surface area contributed by atoms with Crippen LogP contribution in [0, 0.1) is 0 Å². The van der Waals surface area contributed by atoms with Crippen molar-refractivity contribution < 1.29 is 38.5 Å². The summed E-state index contributed by atoms with van der Waals surface area (Å²) in [4.78, 5) is 48.1. The molecule has 3 rings (SSSR count). The molecule has 2 aromatic rings. The van der Waals surface area contributed by atoms with Crippen LogP contribution in [0.5, 0.6) is 11.5 Å². The average molecular weight is 529 g/mol. The van der Waals surface area contributed by atoms with Gasteiger partial charge in [0.25, 0.3) is 0 Å². The number of carboxylic acids is 1. The van der Waals surface area contributed by atoms with Crippen molar-refractivity contribution in [1.29, 1.82) is 0 Å². The maximum Gasteiger partial charge on any atom is 0.340 e. The van der Waals surface area contributed by atoms with Gasteiger partial charge in [0.1, 0.15) is 10.8 Å². The number of ether oxygens (including phenoxy) is 3. The van der Waals surface area contributed by atoms with E-state index in [2.05, 4.69) is 20.8 Å². The lowest BCUT2D eigenvalue weighted by atomic mass is 10.1. The van der Waals surface area contributed by atoms with E-state index in [0.29, 0.717) is 11.3 Å². The molecule has 13 heteroatoms. The quantitative estimate of drug-likeness (QED) is 0.239. The molecular weight excluding hydrogens is 504 g/mol. The van der Waals surface area contributed by atoms with Crippen molar-refractivity contribution in [3.63, 3.8) is 0 Å². The van der Waals surface area contributed by atoms with Gasteiger partial charge in [-0.3, -0.25) is 9.59 Å². The third kappa shape index (κ3) is 6.85. The van der Waals surface area contributed by atoms with Crippen molar-refractivity contribution in [3.8, 4) is 11.5 Å². The van der Waals surface area contributed by atoms with Gasteiger partial charge in [-0.1, -0.05) is 11.8 Å². The number of thioether (sulfide) groups is 1. The summed E-state index contributed by atoms with van der Waals surface area (Å²) in [6.45, 7) is 1.97. The lowest BCUT2D eigenvalue weighted by molar-refractivity contribution is -0.122. The molecule has 0 aromatic heterocycles. The summed E-state index contributed by atoms with van der Waals surface area (Å²) in [7, 11) is 2.71. The van der Waals surface area contributed by atoms with Gasteiger partial charge in [0, 0.05) is 17.7 Å². The molecule has 1 fully saturated rings. The number of hydrogen-bond donors (Lipinski definition) is 3. The van der Waals surface area contributed by atoms with E-state index in [0.717, 1.165) is 11.8 Å². The maximum absolute atomic E-state index is 12.4. The lowest BCUT2D eigenvalue weighted by Crippen LogP contribution is -2.28. The van der Waals surface area contributed by atoms with Crippen molar-refractivity contribution >= 4 is 52.6 Å². The summed E-state index contributed by atoms with van der Waals surface area (Å²) >= 11 is 1.02. The monoisotopic (exact) mass is 528 g/mol. The summed E-state index contributed by atoms with van der Waals surface area (Å²) in [5.74, 6) is -2.23. The van der Waals surface area contributed by atoms with Crippen molar-refractivity contribution in [2.75, 3.05) is 26.1 Å². The topological polar surface area (TPSA) is 165 Å². The zero-order valence-electron chi connectivity index (χ0n) is 20.1. The number of methoxy groups -OCH3 is 2. The number of amides is 2. The molecule has 0 spiro atoms. The van der Waals surface area contributed by atoms with Crippen LogP contribution in [0.3, 0.4) is 0 Å². The largest absolute Gasteiger partial charge is 0.493 e. The van der Waals surface area contributed by atoms with Crippen LogP contribution in [-0.4, -0.2) is 66.3 Å². The SMILES string of the molecule is CCOC(=O)c1ccc(NC(=O)C[C@@H]2S/C(=N/N=C\c3ccc(OC)c(OC)c3C(=O)O)NC2=O)cc1. The highest BCUT2D eigenvalue weighted by molar-refractivity contribution is 8.15. The number of amidine groups is 1. The predicted octanol–water partition coefficient (Wildman–Crippen LogP) is 2.53. The zero-order valence-corrected chi connectivity index (χ0v) is 21.0. The van der Waals surface area contributed by atoms with Crippen LogP contribution in [0.15, 0.2) is 46.6 Å². The molecule has 1 heterocycles. The number of anilines is 1. The van der Waals surface area contributed by atoms with E-state index in [1.807, 2.05) is 0 Å². The van der Waals surface area contributed by atoms with E-state index < -0.39 is 29.0 Å². The Labute approximate surface area is 216 Å². The Hall–Kier alpha value is -4.39. The third-order valence-electron chi connectivity index (χ3n) is 4.96. The van der Waals surface area contributed by atoms with Gasteiger partial charge >= 0.3 is 11.9 Å². The van der Waals surface area contributed by atoms with Crippen molar-refractivity contribution in [2.45, 2.75) is 18.6 Å². The lowest BCUT2D eigenvalue weighted by Gasteiger charge is -2.11. The number of rotatable bonds is 10. The second kappa shape index (κ2) is 12.5. The van der Waals surface area contributed by atoms with Gasteiger partial charge in [-0.25, -0.2) is 9.59 Å². The van der Waals surface area contributed by atoms with Gasteiger partial charge in [0.2, 0.25) is 11.8 Å². The van der Waals surface area contributed by atoms with Crippen LogP contribution < -0.4 is 20.1 Å². The van der Waals surface area contributed by atoms with Gasteiger partial charge in [0.05, 0.1) is 32.6 Å². The maximum atomic E-state index is 12.4. The highest BCUT2D eigenvalue weighted by Gasteiger charge is 2.32. The minimum Gasteiger partial charge on any atom is -0.493 e. The molecule has 1 atom stereocenters. The van der Waals surface area contributed by atoms with E-state index in [1.165, 1.54) is 44.7 Å². The Balaban J connectivity index is 1.62. The Morgan fingerprint density at radius 1 is 1.14 bits per heavy atom. The Bertz CT molecular complexity index is 1260. The van der Waals surface area contributed by atoms with Crippen LogP contribution in [0.25, 0.3) is 0 Å². The van der Waals surface area contributed by atoms with E-state index in [9.17, 15) is 24.3 Å². The van der Waals surface area contributed by atoms with E-state index >= 15 is 0 Å². The molecule has 2 aromatic carbocycles. The summed E-state index contributed by atoms with van der Waals surface area (Å²) in [5, 5.41) is 22.0. The minimum atomic E-state index is -1.24. The second-order valence-electron chi connectivity index (χ2n) is 7.37. The molecule has 37 heavy (non-hydrogen) atoms. The Morgan fingerprint density at radius 2 is 1.86 bits per heavy atom. The molecule has 2 amide bonds. The van der Waals surface area contributed by atoms with Crippen molar-refractivity contribution in [3.05, 3.63) is 53.1 Å². The molecule has 12 nitrogen and oxygen atoms in total. The molecule has 0 aliphatic carbocycles. The van der Waals surface area contributed by atoms with Crippen LogP contribution in [0.2, 0.25) is 0 Å². The summed E-state index contributed by atoms with van der Waals surface area (Å²) in [6, 6.07) is 9.20. The zero-order chi connectivity index (χ0) is 26.9. The first-order valence-electron chi connectivity index (χ1n) is 10.9. The van der Waals surface area contributed by atoms with E-state index in [-0.39, 0.29) is 40.8 Å². The highest BCUT2D eigenvalue weighted by atomic mass is 32.2. The first kappa shape index (κ1) is 27.2. The summed E-state index contributed by atoms with van der Waals surface area (Å²) in [6.07, 6.45) is 1.09. The Morgan fingerprint density at radius 3 is 2.49 bits per heavy atom. The molecule has 0 unspecified atom stereocenters. The predicted molar refractivity (Wildman–Crippen MR) is 137 cm³/mol. The van der Waals surface area contributed by atoms with Crippen LogP contribution in [0.4, 0.5) is 5.69 Å². The van der Waals surface area contributed by atoms with Gasteiger partial charge in [-0.05, 0) is 43.3 Å². The summed E-state index contributed by atoms with van der Waals surface area (Å²) < 4.78 is 15.2. The van der Waals surface area contributed by atoms with Gasteiger partial charge in [0.15, 0.2) is 16.7 Å². The van der Waals surface area contributed by atoms with Crippen LogP contribution >= 0.6 is 11.8 Å². The minimum absolute atomic E-state index is 0.0387. The number of carboxylic acid groups (broad SMARTS) is 1. The number of aromatic carboxylic acids is 1. The normalized spacial score (nSPS) is 15.9. The fourth-order valence-electron chi connectivity index (χ4n) is 3.28. The molecule has 1 aliphatic heterocycles. The standard InChI is InChI=1S/C24H24N4O8S/c1-4-36-23(33)13-5-8-15(9-6-13)26-18(29)11-17-21(30)27-24(37-17)28-25-12-14-7-10-16(34-2)20(35-3)19(14)22(31)32/h5-10,12,17H,4,11H2,1-3H3,(H,26,29)(H,31,32)(H,27,28,30)/b25-12-/t17-/m0/s1. The molecule has 0 radical (unpaired) electrons. The van der Waals surface area contributed by atoms with Gasteiger partial charge in [-0.15, -0.1) is 5.10 Å². The third-order valence-corrected chi connectivity index (χ3v) is 6.04. The number of nitrogens with zero attached hydrogens (tertiary/aromatic N) is 2. The molecule has 1 saturated heterocycles. The summed E-state index contributed by atoms with van der Waals surface area (Å²) in [5.41, 5.74) is 0.882. The second-order valence-corrected chi connectivity index (χ2v) is 8.56. The number of nitrogens with one attached hydrogen (secondary N) is 2. The molecule has 0 saturated carbocycles. The Kier molecular flexibility index (Phi) is 9.21. The van der Waals surface area contributed by atoms with Crippen LogP contribution in [-0.2, 0) is 14.3 Å². The fourth-order valence-corrected chi connectivity index (χ4v) is 4.21. The fraction of sp³-hybridized carbons (Fsp3) is 0.250. The van der Waals surface area contributed by atoms with Crippen molar-refractivity contribution in [2.24, 2.45) is 10.2 Å². The number of benzene rings is 2. The van der Waals surface area contributed by atoms with Gasteiger partial charge < -0.3 is 30.0 Å². The molecule has 3 N–H and O–H groups in total. The first-order valence-corrected chi connectivity index (χ1v) is 11.8. The number of carbonyl (C=O) groups excluding carboxylic acids is 3.